The molecule has 0 atom stereocenters. The molecule has 0 spiro atoms. The average molecular weight is 180 g/mol. The van der Waals surface area contributed by atoms with Crippen LogP contribution in [0, 0.1) is 11.3 Å². The Morgan fingerprint density at radius 1 is 1.50 bits per heavy atom. The van der Waals surface area contributed by atoms with Gasteiger partial charge in [0.25, 0.3) is 0 Å². The largest absolute Gasteiger partial charge is 0.222 e. The monoisotopic (exact) mass is 179 g/mol. The van der Waals surface area contributed by atoms with Crippen molar-refractivity contribution in [1.82, 2.24) is 9.97 Å². The molecule has 60 valence electrons. The number of aromatic nitrogens is 2. The van der Waals surface area contributed by atoms with E-state index < -0.39 is 0 Å². The molecule has 0 bridgehead atoms. The van der Waals surface area contributed by atoms with Gasteiger partial charge in [-0.25, -0.2) is 9.97 Å². The van der Waals surface area contributed by atoms with Crippen LogP contribution in [0.2, 0.25) is 5.15 Å². The van der Waals surface area contributed by atoms with Gasteiger partial charge in [-0.1, -0.05) is 11.6 Å². The molecule has 2 rings (SSSR count). The lowest BCUT2D eigenvalue weighted by Gasteiger charge is -1.96. The molecule has 1 saturated carbocycles. The number of hydrogen-bond donors (Lipinski definition) is 0. The predicted octanol–water partition coefficient (Wildman–Crippen LogP) is 1.88. The minimum absolute atomic E-state index is 0.358. The van der Waals surface area contributed by atoms with Crippen LogP contribution < -0.4 is 0 Å². The first-order chi connectivity index (χ1) is 5.79. The van der Waals surface area contributed by atoms with Crippen molar-refractivity contribution < 1.29 is 0 Å². The van der Waals surface area contributed by atoms with Crippen molar-refractivity contribution in [2.24, 2.45) is 0 Å². The molecule has 3 nitrogen and oxygen atoms in total. The highest BCUT2D eigenvalue weighted by Gasteiger charge is 2.27. The zero-order valence-corrected chi connectivity index (χ0v) is 7.04. The number of halogens is 1. The second kappa shape index (κ2) is 2.72. The minimum Gasteiger partial charge on any atom is -0.222 e. The SMILES string of the molecule is N#Cc1cc(Cl)nc(C2CC2)n1. The lowest BCUT2D eigenvalue weighted by molar-refractivity contribution is 0.918. The quantitative estimate of drug-likeness (QED) is 0.619. The molecule has 0 N–H and O–H groups in total. The molecule has 1 aliphatic carbocycles. The van der Waals surface area contributed by atoms with E-state index in [-0.39, 0.29) is 0 Å². The fourth-order valence-electron chi connectivity index (χ4n) is 1.02. The van der Waals surface area contributed by atoms with Crippen LogP contribution in [0.4, 0.5) is 0 Å². The normalized spacial score (nSPS) is 15.7. The third-order valence-corrected chi connectivity index (χ3v) is 1.96. The maximum atomic E-state index is 8.59. The fourth-order valence-corrected chi connectivity index (χ4v) is 1.21. The second-order valence-corrected chi connectivity index (χ2v) is 3.21. The summed E-state index contributed by atoms with van der Waals surface area (Å²) in [6.45, 7) is 0. The van der Waals surface area contributed by atoms with Crippen LogP contribution in [-0.2, 0) is 0 Å². The fraction of sp³-hybridized carbons (Fsp3) is 0.375. The van der Waals surface area contributed by atoms with Gasteiger partial charge in [-0.2, -0.15) is 5.26 Å². The summed E-state index contributed by atoms with van der Waals surface area (Å²) in [7, 11) is 0. The molecule has 1 aliphatic rings. The minimum atomic E-state index is 0.358. The maximum Gasteiger partial charge on any atom is 0.145 e. The molecule has 1 heterocycles. The Kier molecular flexibility index (Phi) is 1.70. The summed E-state index contributed by atoms with van der Waals surface area (Å²) in [4.78, 5) is 8.10. The van der Waals surface area contributed by atoms with Crippen molar-refractivity contribution >= 4 is 11.6 Å². The summed E-state index contributed by atoms with van der Waals surface area (Å²) in [6.07, 6.45) is 2.23. The van der Waals surface area contributed by atoms with Gasteiger partial charge >= 0.3 is 0 Å². The first-order valence-electron chi connectivity index (χ1n) is 3.74. The van der Waals surface area contributed by atoms with E-state index >= 15 is 0 Å². The van der Waals surface area contributed by atoms with Gasteiger partial charge in [-0.15, -0.1) is 0 Å². The van der Waals surface area contributed by atoms with E-state index in [2.05, 4.69) is 9.97 Å². The smallest absolute Gasteiger partial charge is 0.145 e. The Hall–Kier alpha value is -1.14. The van der Waals surface area contributed by atoms with Gasteiger partial charge in [0, 0.05) is 12.0 Å². The molecular weight excluding hydrogens is 174 g/mol. The first kappa shape index (κ1) is 7.51. The molecule has 4 heteroatoms. The van der Waals surface area contributed by atoms with Crippen LogP contribution in [0.5, 0.6) is 0 Å². The number of nitriles is 1. The zero-order chi connectivity index (χ0) is 8.55. The highest BCUT2D eigenvalue weighted by Crippen LogP contribution is 2.38. The topological polar surface area (TPSA) is 49.6 Å². The number of nitrogens with zero attached hydrogens (tertiary/aromatic N) is 3. The van der Waals surface area contributed by atoms with Gasteiger partial charge in [-0.3, -0.25) is 0 Å². The van der Waals surface area contributed by atoms with Crippen molar-refractivity contribution in [2.75, 3.05) is 0 Å². The van der Waals surface area contributed by atoms with Crippen LogP contribution in [0.15, 0.2) is 6.07 Å². The van der Waals surface area contributed by atoms with Gasteiger partial charge in [0.1, 0.15) is 22.7 Å². The summed E-state index contributed by atoms with van der Waals surface area (Å²) >= 11 is 5.70. The van der Waals surface area contributed by atoms with Gasteiger partial charge in [0.2, 0.25) is 0 Å². The van der Waals surface area contributed by atoms with Crippen LogP contribution in [0.25, 0.3) is 0 Å². The highest BCUT2D eigenvalue weighted by molar-refractivity contribution is 6.29. The molecular formula is C8H6ClN3. The Balaban J connectivity index is 2.43. The third kappa shape index (κ3) is 1.39. The molecule has 0 saturated heterocycles. The molecule has 0 unspecified atom stereocenters. The summed E-state index contributed by atoms with van der Waals surface area (Å²) in [6, 6.07) is 3.43. The molecule has 12 heavy (non-hydrogen) atoms. The maximum absolute atomic E-state index is 8.59. The number of rotatable bonds is 1. The van der Waals surface area contributed by atoms with E-state index in [1.54, 1.807) is 0 Å². The summed E-state index contributed by atoms with van der Waals surface area (Å²) < 4.78 is 0. The Labute approximate surface area is 75.0 Å². The molecule has 0 aromatic carbocycles. The standard InChI is InChI=1S/C8H6ClN3/c9-7-3-6(4-10)11-8(12-7)5-1-2-5/h3,5H,1-2H2. The van der Waals surface area contributed by atoms with Crippen LogP contribution in [0.3, 0.4) is 0 Å². The van der Waals surface area contributed by atoms with Crippen molar-refractivity contribution in [3.8, 4) is 6.07 Å². The third-order valence-electron chi connectivity index (χ3n) is 1.77. The van der Waals surface area contributed by atoms with E-state index in [4.69, 9.17) is 16.9 Å². The Morgan fingerprint density at radius 2 is 2.25 bits per heavy atom. The van der Waals surface area contributed by atoms with Gasteiger partial charge < -0.3 is 0 Å². The Bertz CT molecular complexity index is 352. The molecule has 1 fully saturated rings. The van der Waals surface area contributed by atoms with E-state index in [1.807, 2.05) is 6.07 Å². The molecule has 1 aromatic heterocycles. The average Bonchev–Trinajstić information content (AvgIpc) is 2.85. The zero-order valence-electron chi connectivity index (χ0n) is 6.29. The summed E-state index contributed by atoms with van der Waals surface area (Å²) in [5.74, 6) is 1.16. The number of hydrogen-bond acceptors (Lipinski definition) is 3. The van der Waals surface area contributed by atoms with E-state index in [0.717, 1.165) is 18.7 Å². The van der Waals surface area contributed by atoms with Crippen molar-refractivity contribution in [1.29, 1.82) is 5.26 Å². The molecule has 0 aliphatic heterocycles. The Morgan fingerprint density at radius 3 is 2.83 bits per heavy atom. The first-order valence-corrected chi connectivity index (χ1v) is 4.12. The molecule has 0 radical (unpaired) electrons. The summed E-state index contributed by atoms with van der Waals surface area (Å²) in [5, 5.41) is 8.95. The predicted molar refractivity (Wildman–Crippen MR) is 43.7 cm³/mol. The van der Waals surface area contributed by atoms with E-state index in [9.17, 15) is 0 Å². The van der Waals surface area contributed by atoms with E-state index in [0.29, 0.717) is 16.8 Å². The van der Waals surface area contributed by atoms with Gasteiger partial charge in [0.05, 0.1) is 0 Å². The van der Waals surface area contributed by atoms with Crippen molar-refractivity contribution in [2.45, 2.75) is 18.8 Å². The molecule has 1 aromatic rings. The van der Waals surface area contributed by atoms with E-state index in [1.165, 1.54) is 6.07 Å². The van der Waals surface area contributed by atoms with Crippen LogP contribution in [-0.4, -0.2) is 9.97 Å². The van der Waals surface area contributed by atoms with Gasteiger partial charge in [0.15, 0.2) is 0 Å². The second-order valence-electron chi connectivity index (χ2n) is 2.82. The van der Waals surface area contributed by atoms with Crippen molar-refractivity contribution in [3.05, 3.63) is 22.7 Å². The lowest BCUT2D eigenvalue weighted by atomic mass is 10.3. The van der Waals surface area contributed by atoms with Crippen molar-refractivity contribution in [3.63, 3.8) is 0 Å². The molecule has 0 amide bonds. The summed E-state index contributed by atoms with van der Waals surface area (Å²) in [5.41, 5.74) is 0.358. The van der Waals surface area contributed by atoms with Crippen LogP contribution in [0.1, 0.15) is 30.3 Å². The highest BCUT2D eigenvalue weighted by atomic mass is 35.5. The lowest BCUT2D eigenvalue weighted by Crippen LogP contribution is -1.95. The van der Waals surface area contributed by atoms with Crippen LogP contribution >= 0.6 is 11.6 Å². The van der Waals surface area contributed by atoms with Gasteiger partial charge in [-0.05, 0) is 12.8 Å².